The van der Waals surface area contributed by atoms with Crippen LogP contribution in [-0.4, -0.2) is 39.3 Å². The molecule has 8 nitrogen and oxygen atoms in total. The molecule has 3 aromatic rings. The van der Waals surface area contributed by atoms with Crippen LogP contribution < -0.4 is 15.4 Å². The monoisotopic (exact) mass is 501 g/mol. The molecule has 190 valence electrons. The molecule has 0 aliphatic heterocycles. The fourth-order valence-electron chi connectivity index (χ4n) is 2.81. The van der Waals surface area contributed by atoms with Gasteiger partial charge in [-0.3, -0.25) is 0 Å². The average molecular weight is 502 g/mol. The number of benzene rings is 2. The molecule has 0 radical (unpaired) electrons. The highest BCUT2D eigenvalue weighted by Crippen LogP contribution is 2.21. The summed E-state index contributed by atoms with van der Waals surface area (Å²) in [6.07, 6.45) is -2.84. The Bertz CT molecular complexity index is 1190. The number of carbonyl (C=O) groups excluding carboxylic acids is 1. The minimum atomic E-state index is -4.56. The molecule has 0 spiro atoms. The highest BCUT2D eigenvalue weighted by atomic mass is 19.4. The SMILES string of the molecule is C=Cc1ccc(CNc2nc(Nc3ccc(C(=O)OC(C)(C)C)cc3)nc(OCC(F)(F)F)n2)cc1. The van der Waals surface area contributed by atoms with E-state index in [2.05, 4.69) is 32.2 Å². The van der Waals surface area contributed by atoms with Crippen LogP contribution in [0.4, 0.5) is 30.8 Å². The van der Waals surface area contributed by atoms with Crippen molar-refractivity contribution in [2.24, 2.45) is 0 Å². The van der Waals surface area contributed by atoms with Crippen molar-refractivity contribution in [3.05, 3.63) is 71.8 Å². The first kappa shape index (κ1) is 26.5. The Labute approximate surface area is 206 Å². The summed E-state index contributed by atoms with van der Waals surface area (Å²) in [5, 5.41) is 5.84. The third-order valence-electron chi connectivity index (χ3n) is 4.42. The van der Waals surface area contributed by atoms with Crippen molar-refractivity contribution in [2.45, 2.75) is 39.1 Å². The molecule has 0 fully saturated rings. The number of ether oxygens (including phenoxy) is 2. The van der Waals surface area contributed by atoms with Crippen LogP contribution >= 0.6 is 0 Å². The number of nitrogens with one attached hydrogen (secondary N) is 2. The van der Waals surface area contributed by atoms with Crippen LogP contribution in [0.5, 0.6) is 6.01 Å². The van der Waals surface area contributed by atoms with Gasteiger partial charge >= 0.3 is 18.2 Å². The summed E-state index contributed by atoms with van der Waals surface area (Å²) in [5.74, 6) is -0.510. The van der Waals surface area contributed by atoms with E-state index in [1.165, 1.54) is 0 Å². The van der Waals surface area contributed by atoms with E-state index in [0.717, 1.165) is 11.1 Å². The van der Waals surface area contributed by atoms with Crippen molar-refractivity contribution in [2.75, 3.05) is 17.2 Å². The Hall–Kier alpha value is -4.15. The number of hydrogen-bond donors (Lipinski definition) is 2. The Balaban J connectivity index is 1.76. The van der Waals surface area contributed by atoms with Crippen molar-refractivity contribution in [1.29, 1.82) is 0 Å². The van der Waals surface area contributed by atoms with Crippen LogP contribution in [-0.2, 0) is 11.3 Å². The second kappa shape index (κ2) is 11.1. The minimum absolute atomic E-state index is 0.0165. The Morgan fingerprint density at radius 2 is 1.61 bits per heavy atom. The van der Waals surface area contributed by atoms with Crippen LogP contribution in [0.25, 0.3) is 6.08 Å². The van der Waals surface area contributed by atoms with E-state index in [9.17, 15) is 18.0 Å². The lowest BCUT2D eigenvalue weighted by atomic mass is 10.1. The molecule has 0 saturated carbocycles. The largest absolute Gasteiger partial charge is 0.456 e. The van der Waals surface area contributed by atoms with Gasteiger partial charge in [-0.15, -0.1) is 0 Å². The van der Waals surface area contributed by atoms with E-state index in [4.69, 9.17) is 9.47 Å². The van der Waals surface area contributed by atoms with Crippen LogP contribution in [0.2, 0.25) is 0 Å². The predicted octanol–water partition coefficient (Wildman–Crippen LogP) is 5.77. The number of carbonyl (C=O) groups is 1. The van der Waals surface area contributed by atoms with Gasteiger partial charge in [0.2, 0.25) is 11.9 Å². The molecule has 2 N–H and O–H groups in total. The van der Waals surface area contributed by atoms with E-state index >= 15 is 0 Å². The van der Waals surface area contributed by atoms with Gasteiger partial charge in [0.1, 0.15) is 5.60 Å². The number of nitrogens with zero attached hydrogens (tertiary/aromatic N) is 3. The molecular weight excluding hydrogens is 475 g/mol. The molecular formula is C25H26F3N5O3. The number of aromatic nitrogens is 3. The number of alkyl halides is 3. The smallest absolute Gasteiger partial charge is 0.422 e. The third kappa shape index (κ3) is 8.57. The molecule has 2 aromatic carbocycles. The fraction of sp³-hybridized carbons (Fsp3) is 0.280. The maximum absolute atomic E-state index is 12.7. The quantitative estimate of drug-likeness (QED) is 0.357. The van der Waals surface area contributed by atoms with Crippen molar-refractivity contribution in [3.63, 3.8) is 0 Å². The topological polar surface area (TPSA) is 98.3 Å². The van der Waals surface area contributed by atoms with Crippen molar-refractivity contribution in [3.8, 4) is 6.01 Å². The second-order valence-electron chi connectivity index (χ2n) is 8.67. The molecule has 11 heteroatoms. The zero-order chi connectivity index (χ0) is 26.3. The number of anilines is 3. The van der Waals surface area contributed by atoms with Crippen molar-refractivity contribution in [1.82, 2.24) is 15.0 Å². The number of hydrogen-bond acceptors (Lipinski definition) is 8. The molecule has 0 atom stereocenters. The third-order valence-corrected chi connectivity index (χ3v) is 4.42. The summed E-state index contributed by atoms with van der Waals surface area (Å²) in [7, 11) is 0. The van der Waals surface area contributed by atoms with Crippen LogP contribution in [0, 0.1) is 0 Å². The first-order valence-electron chi connectivity index (χ1n) is 10.9. The van der Waals surface area contributed by atoms with E-state index in [0.29, 0.717) is 17.8 Å². The van der Waals surface area contributed by atoms with Crippen molar-refractivity contribution < 1.29 is 27.4 Å². The minimum Gasteiger partial charge on any atom is -0.456 e. The van der Waals surface area contributed by atoms with Gasteiger partial charge in [0, 0.05) is 12.2 Å². The first-order valence-corrected chi connectivity index (χ1v) is 10.9. The van der Waals surface area contributed by atoms with Gasteiger partial charge < -0.3 is 20.1 Å². The lowest BCUT2D eigenvalue weighted by Crippen LogP contribution is -2.23. The number of halogens is 3. The van der Waals surface area contributed by atoms with Crippen molar-refractivity contribution >= 4 is 29.6 Å². The second-order valence-corrected chi connectivity index (χ2v) is 8.67. The zero-order valence-corrected chi connectivity index (χ0v) is 20.0. The molecule has 0 bridgehead atoms. The summed E-state index contributed by atoms with van der Waals surface area (Å²) in [5.41, 5.74) is 2.03. The number of rotatable bonds is 9. The van der Waals surface area contributed by atoms with Crippen LogP contribution in [0.3, 0.4) is 0 Å². The molecule has 0 unspecified atom stereocenters. The maximum Gasteiger partial charge on any atom is 0.422 e. The summed E-state index contributed by atoms with van der Waals surface area (Å²) in [6, 6.07) is 13.3. The van der Waals surface area contributed by atoms with Gasteiger partial charge in [-0.2, -0.15) is 28.1 Å². The standard InChI is InChI=1S/C25H26F3N5O3/c1-5-16-6-8-17(9-7-16)14-29-21-31-22(33-23(32-21)35-15-25(26,27)28)30-19-12-10-18(11-13-19)20(34)36-24(2,3)4/h5-13H,1,14-15H2,2-4H3,(H2,29,30,31,32,33). The molecule has 1 aromatic heterocycles. The molecule has 0 aliphatic rings. The normalized spacial score (nSPS) is 11.5. The molecule has 1 heterocycles. The molecule has 36 heavy (non-hydrogen) atoms. The van der Waals surface area contributed by atoms with Gasteiger partial charge in [-0.1, -0.05) is 36.9 Å². The van der Waals surface area contributed by atoms with Gasteiger partial charge in [-0.25, -0.2) is 4.79 Å². The van der Waals surface area contributed by atoms with E-state index in [1.807, 2.05) is 24.3 Å². The Kier molecular flexibility index (Phi) is 8.13. The van der Waals surface area contributed by atoms with Gasteiger partial charge in [0.15, 0.2) is 6.61 Å². The lowest BCUT2D eigenvalue weighted by Gasteiger charge is -2.19. The maximum atomic E-state index is 12.7. The van der Waals surface area contributed by atoms with E-state index < -0.39 is 30.4 Å². The van der Waals surface area contributed by atoms with Gasteiger partial charge in [-0.05, 0) is 56.2 Å². The molecule has 0 aliphatic carbocycles. The summed E-state index contributed by atoms with van der Waals surface area (Å²) >= 11 is 0. The number of esters is 1. The highest BCUT2D eigenvalue weighted by Gasteiger charge is 2.29. The van der Waals surface area contributed by atoms with E-state index in [1.54, 1.807) is 51.1 Å². The Morgan fingerprint density at radius 3 is 2.19 bits per heavy atom. The lowest BCUT2D eigenvalue weighted by molar-refractivity contribution is -0.154. The van der Waals surface area contributed by atoms with E-state index in [-0.39, 0.29) is 11.9 Å². The van der Waals surface area contributed by atoms with Gasteiger partial charge in [0.05, 0.1) is 5.56 Å². The summed E-state index contributed by atoms with van der Waals surface area (Å²) in [4.78, 5) is 24.3. The van der Waals surface area contributed by atoms with Gasteiger partial charge in [0.25, 0.3) is 0 Å². The van der Waals surface area contributed by atoms with Crippen LogP contribution in [0.15, 0.2) is 55.1 Å². The molecule has 3 rings (SSSR count). The Morgan fingerprint density at radius 1 is 0.972 bits per heavy atom. The van der Waals surface area contributed by atoms with Crippen LogP contribution in [0.1, 0.15) is 42.3 Å². The molecule has 0 saturated heterocycles. The summed E-state index contributed by atoms with van der Waals surface area (Å²) in [6.45, 7) is 7.76. The predicted molar refractivity (Wildman–Crippen MR) is 130 cm³/mol. The highest BCUT2D eigenvalue weighted by molar-refractivity contribution is 5.90. The molecule has 0 amide bonds. The first-order chi connectivity index (χ1) is 16.9. The summed E-state index contributed by atoms with van der Waals surface area (Å²) < 4.78 is 48.0. The average Bonchev–Trinajstić information content (AvgIpc) is 2.80. The fourth-order valence-corrected chi connectivity index (χ4v) is 2.81. The zero-order valence-electron chi connectivity index (χ0n) is 20.0.